The van der Waals surface area contributed by atoms with Crippen molar-refractivity contribution in [2.75, 3.05) is 13.1 Å². The number of aromatic amines is 1. The summed E-state index contributed by atoms with van der Waals surface area (Å²) >= 11 is 0. The van der Waals surface area contributed by atoms with Gasteiger partial charge in [-0.25, -0.2) is 18.2 Å². The highest BCUT2D eigenvalue weighted by Crippen LogP contribution is 2.36. The molecule has 0 amide bonds. The number of nitrogens with zero attached hydrogens (tertiary/aromatic N) is 2. The number of H-pyrrole nitrogens is 1. The molecule has 0 aliphatic carbocycles. The fraction of sp³-hybridized carbons (Fsp3) is 0.250. The van der Waals surface area contributed by atoms with Crippen molar-refractivity contribution >= 4 is 21.1 Å². The van der Waals surface area contributed by atoms with Crippen molar-refractivity contribution in [2.24, 2.45) is 0 Å². The summed E-state index contributed by atoms with van der Waals surface area (Å²) in [7, 11) is -3.90. The van der Waals surface area contributed by atoms with Gasteiger partial charge in [0.05, 0.1) is 23.5 Å². The number of rotatable bonds is 4. The molecule has 1 aliphatic heterocycles. The van der Waals surface area contributed by atoms with Gasteiger partial charge in [-0.15, -0.1) is 0 Å². The van der Waals surface area contributed by atoms with Crippen LogP contribution in [0.1, 0.15) is 5.56 Å². The first-order chi connectivity index (χ1) is 13.1. The standard InChI is InChI=1S/C16H12F3N3O5S/c17-16(18,19)11-2-1-5-20-14(11)26-9-7-22(8-9)28(24,25)10-3-4-13-12(6-10)21-15(23)27-13/h1-6,9H,7-8H2,(H,21,23). The molecule has 0 atom stereocenters. The van der Waals surface area contributed by atoms with E-state index in [0.29, 0.717) is 0 Å². The third kappa shape index (κ3) is 3.24. The number of hydrogen-bond acceptors (Lipinski definition) is 6. The molecule has 0 bridgehead atoms. The molecule has 0 unspecified atom stereocenters. The molecule has 0 saturated carbocycles. The fourth-order valence-electron chi connectivity index (χ4n) is 2.77. The molecule has 12 heteroatoms. The Morgan fingerprint density at radius 1 is 1.25 bits per heavy atom. The van der Waals surface area contributed by atoms with Crippen LogP contribution in [0.25, 0.3) is 11.1 Å². The molecule has 0 spiro atoms. The summed E-state index contributed by atoms with van der Waals surface area (Å²) < 4.78 is 75.3. The Labute approximate surface area is 155 Å². The topological polar surface area (TPSA) is 106 Å². The summed E-state index contributed by atoms with van der Waals surface area (Å²) in [6.07, 6.45) is -4.22. The van der Waals surface area contributed by atoms with Crippen molar-refractivity contribution in [1.29, 1.82) is 0 Å². The monoisotopic (exact) mass is 415 g/mol. The van der Waals surface area contributed by atoms with Gasteiger partial charge in [-0.2, -0.15) is 17.5 Å². The third-order valence-electron chi connectivity index (χ3n) is 4.20. The number of halogens is 3. The van der Waals surface area contributed by atoms with Gasteiger partial charge in [0.25, 0.3) is 0 Å². The first-order valence-electron chi connectivity index (χ1n) is 7.96. The number of ether oxygens (including phenoxy) is 1. The second kappa shape index (κ2) is 6.34. The number of hydrogen-bond donors (Lipinski definition) is 1. The average molecular weight is 415 g/mol. The zero-order valence-electron chi connectivity index (χ0n) is 13.9. The molecule has 1 aromatic carbocycles. The predicted octanol–water partition coefficient (Wildman–Crippen LogP) is 1.99. The maximum Gasteiger partial charge on any atom is 0.421 e. The lowest BCUT2D eigenvalue weighted by molar-refractivity contribution is -0.140. The van der Waals surface area contributed by atoms with Crippen molar-refractivity contribution in [3.63, 3.8) is 0 Å². The molecule has 0 radical (unpaired) electrons. The number of alkyl halides is 3. The van der Waals surface area contributed by atoms with Crippen molar-refractivity contribution in [3.05, 3.63) is 52.6 Å². The van der Waals surface area contributed by atoms with E-state index in [0.717, 1.165) is 16.4 Å². The van der Waals surface area contributed by atoms with Gasteiger partial charge in [-0.3, -0.25) is 4.98 Å². The molecule has 1 saturated heterocycles. The number of sulfonamides is 1. The van der Waals surface area contributed by atoms with Gasteiger partial charge >= 0.3 is 11.9 Å². The lowest BCUT2D eigenvalue weighted by Crippen LogP contribution is -2.56. The molecule has 3 aromatic rings. The van der Waals surface area contributed by atoms with Gasteiger partial charge in [0.15, 0.2) is 5.58 Å². The Morgan fingerprint density at radius 3 is 2.71 bits per heavy atom. The molecule has 3 heterocycles. The number of oxazole rings is 1. The van der Waals surface area contributed by atoms with Gasteiger partial charge in [0.1, 0.15) is 11.7 Å². The maximum atomic E-state index is 13.0. The first kappa shape index (κ1) is 18.5. The molecule has 8 nitrogen and oxygen atoms in total. The second-order valence-corrected chi connectivity index (χ2v) is 8.03. The highest BCUT2D eigenvalue weighted by molar-refractivity contribution is 7.89. The van der Waals surface area contributed by atoms with Crippen LogP contribution in [0.2, 0.25) is 0 Å². The van der Waals surface area contributed by atoms with E-state index in [1.807, 2.05) is 0 Å². The number of nitrogens with one attached hydrogen (secondary N) is 1. The van der Waals surface area contributed by atoms with Crippen LogP contribution in [0.4, 0.5) is 13.2 Å². The van der Waals surface area contributed by atoms with Crippen LogP contribution in [-0.2, 0) is 16.2 Å². The molecule has 4 rings (SSSR count). The predicted molar refractivity (Wildman–Crippen MR) is 89.2 cm³/mol. The van der Waals surface area contributed by atoms with Gasteiger partial charge in [0.2, 0.25) is 15.9 Å². The largest absolute Gasteiger partial charge is 0.471 e. The van der Waals surface area contributed by atoms with Crippen LogP contribution in [-0.4, -0.2) is 41.9 Å². The highest BCUT2D eigenvalue weighted by atomic mass is 32.2. The van der Waals surface area contributed by atoms with E-state index in [1.165, 1.54) is 24.4 Å². The van der Waals surface area contributed by atoms with E-state index in [1.54, 1.807) is 0 Å². The van der Waals surface area contributed by atoms with Crippen LogP contribution >= 0.6 is 0 Å². The van der Waals surface area contributed by atoms with Crippen molar-refractivity contribution in [2.45, 2.75) is 17.2 Å². The van der Waals surface area contributed by atoms with E-state index < -0.39 is 39.5 Å². The Balaban J connectivity index is 1.49. The zero-order chi connectivity index (χ0) is 20.1. The molecule has 1 N–H and O–H groups in total. The summed E-state index contributed by atoms with van der Waals surface area (Å²) in [5.41, 5.74) is -0.586. The molecular formula is C16H12F3N3O5S. The Kier molecular flexibility index (Phi) is 4.19. The Hall–Kier alpha value is -2.86. The summed E-state index contributed by atoms with van der Waals surface area (Å²) in [5, 5.41) is 0. The minimum Gasteiger partial charge on any atom is -0.471 e. The normalized spacial score (nSPS) is 16.2. The van der Waals surface area contributed by atoms with Gasteiger partial charge in [-0.05, 0) is 30.3 Å². The minimum atomic E-state index is -4.63. The van der Waals surface area contributed by atoms with E-state index >= 15 is 0 Å². The number of fused-ring (bicyclic) bond motifs is 1. The fourth-order valence-corrected chi connectivity index (χ4v) is 4.30. The van der Waals surface area contributed by atoms with Crippen molar-refractivity contribution < 1.29 is 30.7 Å². The maximum absolute atomic E-state index is 13.0. The summed E-state index contributed by atoms with van der Waals surface area (Å²) in [6.45, 7) is -0.258. The van der Waals surface area contributed by atoms with E-state index in [2.05, 4.69) is 9.97 Å². The smallest absolute Gasteiger partial charge is 0.421 e. The summed E-state index contributed by atoms with van der Waals surface area (Å²) in [6, 6.07) is 5.87. The molecule has 1 aliphatic rings. The lowest BCUT2D eigenvalue weighted by Gasteiger charge is -2.37. The Morgan fingerprint density at radius 2 is 2.00 bits per heavy atom. The van der Waals surface area contributed by atoms with E-state index in [9.17, 15) is 26.4 Å². The number of aromatic nitrogens is 2. The van der Waals surface area contributed by atoms with Crippen molar-refractivity contribution in [1.82, 2.24) is 14.3 Å². The number of pyridine rings is 1. The van der Waals surface area contributed by atoms with E-state index in [4.69, 9.17) is 9.15 Å². The van der Waals surface area contributed by atoms with E-state index in [-0.39, 0.29) is 29.1 Å². The summed E-state index contributed by atoms with van der Waals surface area (Å²) in [5.74, 6) is -1.30. The van der Waals surface area contributed by atoms with Gasteiger partial charge < -0.3 is 9.15 Å². The molecule has 2 aromatic heterocycles. The van der Waals surface area contributed by atoms with Gasteiger partial charge in [0, 0.05) is 6.20 Å². The summed E-state index contributed by atoms with van der Waals surface area (Å²) in [4.78, 5) is 17.1. The quantitative estimate of drug-likeness (QED) is 0.699. The van der Waals surface area contributed by atoms with Crippen LogP contribution < -0.4 is 10.5 Å². The molecule has 1 fully saturated rings. The first-order valence-corrected chi connectivity index (χ1v) is 9.40. The minimum absolute atomic E-state index is 0.0793. The number of benzene rings is 1. The van der Waals surface area contributed by atoms with Crippen LogP contribution in [0.5, 0.6) is 5.88 Å². The van der Waals surface area contributed by atoms with Crippen LogP contribution in [0.3, 0.4) is 0 Å². The van der Waals surface area contributed by atoms with Gasteiger partial charge in [-0.1, -0.05) is 0 Å². The molecule has 28 heavy (non-hydrogen) atoms. The highest BCUT2D eigenvalue weighted by Gasteiger charge is 2.41. The molecule has 148 valence electrons. The SMILES string of the molecule is O=c1[nH]c2cc(S(=O)(=O)N3CC(Oc4ncccc4C(F)(F)F)C3)ccc2o1. The third-order valence-corrected chi connectivity index (χ3v) is 6.03. The average Bonchev–Trinajstić information content (AvgIpc) is 2.96. The molecular weight excluding hydrogens is 403 g/mol. The lowest BCUT2D eigenvalue weighted by atomic mass is 10.2. The second-order valence-electron chi connectivity index (χ2n) is 6.09. The van der Waals surface area contributed by atoms with Crippen LogP contribution in [0, 0.1) is 0 Å². The Bertz CT molecular complexity index is 1200. The van der Waals surface area contributed by atoms with Crippen molar-refractivity contribution in [3.8, 4) is 5.88 Å². The zero-order valence-corrected chi connectivity index (χ0v) is 14.7. The van der Waals surface area contributed by atoms with Crippen LogP contribution in [0.15, 0.2) is 50.6 Å².